The van der Waals surface area contributed by atoms with Crippen molar-refractivity contribution in [1.29, 1.82) is 0 Å². The highest BCUT2D eigenvalue weighted by Crippen LogP contribution is 2.02. The standard InChI is InChI=1S/C4H5N3O2S/c5-1-2-6-3(4(8)9)7-10-2/h1,5H2,(H,8,9). The van der Waals surface area contributed by atoms with Crippen LogP contribution in [0.1, 0.15) is 15.6 Å². The molecule has 0 saturated heterocycles. The van der Waals surface area contributed by atoms with Crippen molar-refractivity contribution in [1.82, 2.24) is 9.36 Å². The van der Waals surface area contributed by atoms with E-state index in [1.54, 1.807) is 0 Å². The van der Waals surface area contributed by atoms with Crippen molar-refractivity contribution in [2.24, 2.45) is 5.73 Å². The Balaban J connectivity index is 2.88. The first kappa shape index (κ1) is 7.10. The summed E-state index contributed by atoms with van der Waals surface area (Å²) in [6.07, 6.45) is 0. The lowest BCUT2D eigenvalue weighted by Gasteiger charge is -1.80. The number of nitrogens with zero attached hydrogens (tertiary/aromatic N) is 2. The summed E-state index contributed by atoms with van der Waals surface area (Å²) in [5, 5.41) is 8.87. The fourth-order valence-corrected chi connectivity index (χ4v) is 0.937. The minimum Gasteiger partial charge on any atom is -0.475 e. The predicted molar refractivity (Wildman–Crippen MR) is 34.8 cm³/mol. The van der Waals surface area contributed by atoms with Gasteiger partial charge >= 0.3 is 5.97 Å². The van der Waals surface area contributed by atoms with E-state index in [9.17, 15) is 4.79 Å². The molecule has 3 N–H and O–H groups in total. The average Bonchev–Trinajstić information content (AvgIpc) is 2.34. The summed E-state index contributed by atoms with van der Waals surface area (Å²) in [6.45, 7) is 0.241. The molecule has 0 spiro atoms. The molecule has 1 heterocycles. The zero-order valence-corrected chi connectivity index (χ0v) is 5.76. The Morgan fingerprint density at radius 1 is 1.80 bits per heavy atom. The summed E-state index contributed by atoms with van der Waals surface area (Å²) in [4.78, 5) is 13.8. The lowest BCUT2D eigenvalue weighted by atomic mass is 10.6. The molecule has 0 unspecified atom stereocenters. The van der Waals surface area contributed by atoms with Gasteiger partial charge in [0, 0.05) is 6.54 Å². The van der Waals surface area contributed by atoms with Crippen LogP contribution in [0.5, 0.6) is 0 Å². The fraction of sp³-hybridized carbons (Fsp3) is 0.250. The van der Waals surface area contributed by atoms with Gasteiger partial charge in [-0.3, -0.25) is 0 Å². The molecule has 1 aromatic rings. The second-order valence-corrected chi connectivity index (χ2v) is 2.36. The molecule has 0 saturated carbocycles. The van der Waals surface area contributed by atoms with E-state index in [0.29, 0.717) is 5.01 Å². The zero-order chi connectivity index (χ0) is 7.56. The molecule has 0 atom stereocenters. The van der Waals surface area contributed by atoms with Gasteiger partial charge in [0.25, 0.3) is 5.82 Å². The monoisotopic (exact) mass is 159 g/mol. The Morgan fingerprint density at radius 3 is 2.80 bits per heavy atom. The summed E-state index contributed by atoms with van der Waals surface area (Å²) in [6, 6.07) is 0. The van der Waals surface area contributed by atoms with Gasteiger partial charge in [0.1, 0.15) is 5.01 Å². The van der Waals surface area contributed by atoms with Gasteiger partial charge in [-0.1, -0.05) is 0 Å². The molecule has 0 bridgehead atoms. The van der Waals surface area contributed by atoms with Gasteiger partial charge in [0.15, 0.2) is 0 Å². The van der Waals surface area contributed by atoms with E-state index in [0.717, 1.165) is 11.5 Å². The summed E-state index contributed by atoms with van der Waals surface area (Å²) in [5.41, 5.74) is 5.18. The van der Waals surface area contributed by atoms with E-state index in [-0.39, 0.29) is 12.4 Å². The van der Waals surface area contributed by atoms with E-state index in [1.807, 2.05) is 0 Å². The number of rotatable bonds is 2. The van der Waals surface area contributed by atoms with Gasteiger partial charge in [0.05, 0.1) is 0 Å². The van der Waals surface area contributed by atoms with Gasteiger partial charge in [-0.25, -0.2) is 9.78 Å². The van der Waals surface area contributed by atoms with E-state index in [4.69, 9.17) is 10.8 Å². The second-order valence-electron chi connectivity index (χ2n) is 1.52. The van der Waals surface area contributed by atoms with Crippen LogP contribution in [0.4, 0.5) is 0 Å². The number of aromatic carboxylic acids is 1. The van der Waals surface area contributed by atoms with Crippen LogP contribution in [-0.2, 0) is 6.54 Å². The van der Waals surface area contributed by atoms with Crippen molar-refractivity contribution < 1.29 is 9.90 Å². The molecule has 6 heteroatoms. The molecule has 0 aliphatic heterocycles. The first-order valence-electron chi connectivity index (χ1n) is 2.50. The molecule has 0 radical (unpaired) electrons. The molecule has 0 aliphatic rings. The van der Waals surface area contributed by atoms with Crippen LogP contribution in [0.3, 0.4) is 0 Å². The maximum absolute atomic E-state index is 10.2. The second kappa shape index (κ2) is 2.72. The van der Waals surface area contributed by atoms with Crippen molar-refractivity contribution in [3.05, 3.63) is 10.8 Å². The predicted octanol–water partition coefficient (Wildman–Crippen LogP) is -0.305. The van der Waals surface area contributed by atoms with Crippen LogP contribution < -0.4 is 5.73 Å². The highest BCUT2D eigenvalue weighted by molar-refractivity contribution is 7.05. The SMILES string of the molecule is NCc1nc(C(=O)O)ns1. The summed E-state index contributed by atoms with van der Waals surface area (Å²) >= 11 is 1.01. The molecular formula is C4H5N3O2S. The Kier molecular flexibility index (Phi) is 1.93. The van der Waals surface area contributed by atoms with Crippen molar-refractivity contribution in [3.63, 3.8) is 0 Å². The number of carbonyl (C=O) groups is 1. The molecular weight excluding hydrogens is 154 g/mol. The third-order valence-corrected chi connectivity index (χ3v) is 1.57. The molecule has 54 valence electrons. The molecule has 0 aliphatic carbocycles. The van der Waals surface area contributed by atoms with Crippen molar-refractivity contribution in [2.45, 2.75) is 6.54 Å². The molecule has 1 rings (SSSR count). The molecule has 5 nitrogen and oxygen atoms in total. The number of carboxylic acid groups (broad SMARTS) is 1. The average molecular weight is 159 g/mol. The maximum Gasteiger partial charge on any atom is 0.374 e. The largest absolute Gasteiger partial charge is 0.475 e. The highest BCUT2D eigenvalue weighted by Gasteiger charge is 2.08. The van der Waals surface area contributed by atoms with Gasteiger partial charge in [-0.05, 0) is 11.5 Å². The number of nitrogens with two attached hydrogens (primary N) is 1. The van der Waals surface area contributed by atoms with Crippen LogP contribution in [-0.4, -0.2) is 20.4 Å². The van der Waals surface area contributed by atoms with E-state index in [1.165, 1.54) is 0 Å². The minimum absolute atomic E-state index is 0.176. The number of carboxylic acids is 1. The Bertz CT molecular complexity index is 246. The topological polar surface area (TPSA) is 89.1 Å². The summed E-state index contributed by atoms with van der Waals surface area (Å²) in [5.74, 6) is -1.29. The lowest BCUT2D eigenvalue weighted by molar-refractivity contribution is 0.0685. The molecule has 0 amide bonds. The lowest BCUT2D eigenvalue weighted by Crippen LogP contribution is -2.00. The maximum atomic E-state index is 10.2. The highest BCUT2D eigenvalue weighted by atomic mass is 32.1. The van der Waals surface area contributed by atoms with Gasteiger partial charge in [-0.2, -0.15) is 4.37 Å². The van der Waals surface area contributed by atoms with Crippen molar-refractivity contribution in [3.8, 4) is 0 Å². The van der Waals surface area contributed by atoms with Crippen LogP contribution in [0.2, 0.25) is 0 Å². The smallest absolute Gasteiger partial charge is 0.374 e. The Hall–Kier alpha value is -1.01. The third kappa shape index (κ3) is 1.28. The van der Waals surface area contributed by atoms with Crippen LogP contribution in [0.15, 0.2) is 0 Å². The minimum atomic E-state index is -1.11. The molecule has 0 fully saturated rings. The Morgan fingerprint density at radius 2 is 2.50 bits per heavy atom. The number of hydrogen-bond donors (Lipinski definition) is 2. The van der Waals surface area contributed by atoms with Crippen LogP contribution in [0, 0.1) is 0 Å². The van der Waals surface area contributed by atoms with E-state index >= 15 is 0 Å². The van der Waals surface area contributed by atoms with Gasteiger partial charge in [-0.15, -0.1) is 0 Å². The molecule has 10 heavy (non-hydrogen) atoms. The van der Waals surface area contributed by atoms with E-state index < -0.39 is 5.97 Å². The number of hydrogen-bond acceptors (Lipinski definition) is 5. The first-order chi connectivity index (χ1) is 4.74. The van der Waals surface area contributed by atoms with E-state index in [2.05, 4.69) is 9.36 Å². The van der Waals surface area contributed by atoms with Crippen molar-refractivity contribution >= 4 is 17.5 Å². The summed E-state index contributed by atoms with van der Waals surface area (Å²) < 4.78 is 3.54. The molecule has 1 aromatic heterocycles. The third-order valence-electron chi connectivity index (χ3n) is 0.834. The number of aromatic nitrogens is 2. The first-order valence-corrected chi connectivity index (χ1v) is 3.27. The van der Waals surface area contributed by atoms with Crippen molar-refractivity contribution in [2.75, 3.05) is 0 Å². The normalized spacial score (nSPS) is 9.70. The zero-order valence-electron chi connectivity index (χ0n) is 4.94. The van der Waals surface area contributed by atoms with Gasteiger partial charge < -0.3 is 10.8 Å². The summed E-state index contributed by atoms with van der Waals surface area (Å²) in [7, 11) is 0. The quantitative estimate of drug-likeness (QED) is 0.618. The van der Waals surface area contributed by atoms with Crippen LogP contribution >= 0.6 is 11.5 Å². The Labute approximate surface area is 60.7 Å². The molecule has 0 aromatic carbocycles. The fourth-order valence-electron chi connectivity index (χ4n) is 0.425. The van der Waals surface area contributed by atoms with Gasteiger partial charge in [0.2, 0.25) is 0 Å². The van der Waals surface area contributed by atoms with Crippen LogP contribution in [0.25, 0.3) is 0 Å².